The molecule has 4 heterocycles. The van der Waals surface area contributed by atoms with Crippen molar-refractivity contribution < 1.29 is 17.5 Å². The van der Waals surface area contributed by atoms with Crippen LogP contribution in [0.15, 0.2) is 63.7 Å². The van der Waals surface area contributed by atoms with E-state index in [0.717, 1.165) is 55.1 Å². The standard InChI is InChI=1S/C26H21N2O2/c1-14-9-10-18-23-21(12-27-26-24(23)17-7-5-6-8-20(17)30-26)29-25(18)22(14)19-11-15(2)16(3)13-28(19)4/h5-13H,1-4H3/q+1/i3D3. The highest BCUT2D eigenvalue weighted by molar-refractivity contribution is 6.25. The fourth-order valence-electron chi connectivity index (χ4n) is 4.43. The van der Waals surface area contributed by atoms with Gasteiger partial charge in [0.1, 0.15) is 18.2 Å². The van der Waals surface area contributed by atoms with Gasteiger partial charge in [-0.1, -0.05) is 30.3 Å². The number of para-hydroxylation sites is 1. The molecule has 4 aromatic heterocycles. The highest BCUT2D eigenvalue weighted by Gasteiger charge is 2.23. The lowest BCUT2D eigenvalue weighted by atomic mass is 9.98. The molecule has 0 spiro atoms. The largest absolute Gasteiger partial charge is 0.453 e. The van der Waals surface area contributed by atoms with E-state index in [0.29, 0.717) is 16.9 Å². The van der Waals surface area contributed by atoms with Gasteiger partial charge in [0.15, 0.2) is 11.8 Å². The van der Waals surface area contributed by atoms with Gasteiger partial charge in [0.2, 0.25) is 11.4 Å². The van der Waals surface area contributed by atoms with Crippen LogP contribution in [0.5, 0.6) is 0 Å². The van der Waals surface area contributed by atoms with Gasteiger partial charge in [-0.15, -0.1) is 0 Å². The van der Waals surface area contributed by atoms with Crippen molar-refractivity contribution in [3.8, 4) is 11.3 Å². The number of fused-ring (bicyclic) bond motifs is 7. The summed E-state index contributed by atoms with van der Waals surface area (Å²) in [6.07, 6.45) is 3.41. The number of hydrogen-bond donors (Lipinski definition) is 0. The fraction of sp³-hybridized carbons (Fsp3) is 0.154. The highest BCUT2D eigenvalue weighted by atomic mass is 16.3. The van der Waals surface area contributed by atoms with Crippen LogP contribution in [0.4, 0.5) is 0 Å². The number of hydrogen-bond acceptors (Lipinski definition) is 3. The lowest BCUT2D eigenvalue weighted by molar-refractivity contribution is -0.660. The molecule has 0 radical (unpaired) electrons. The van der Waals surface area contributed by atoms with Crippen molar-refractivity contribution in [3.63, 3.8) is 0 Å². The second kappa shape index (κ2) is 5.92. The Kier molecular flexibility index (Phi) is 2.83. The Morgan fingerprint density at radius 3 is 2.63 bits per heavy atom. The maximum Gasteiger partial charge on any atom is 0.228 e. The van der Waals surface area contributed by atoms with Gasteiger partial charge in [0.25, 0.3) is 0 Å². The summed E-state index contributed by atoms with van der Waals surface area (Å²) in [5.41, 5.74) is 6.75. The summed E-state index contributed by atoms with van der Waals surface area (Å²) in [6.45, 7) is 1.71. The Bertz CT molecular complexity index is 1740. The quantitative estimate of drug-likeness (QED) is 0.306. The molecule has 30 heavy (non-hydrogen) atoms. The molecule has 0 aliphatic carbocycles. The summed E-state index contributed by atoms with van der Waals surface area (Å²) in [6, 6.07) is 14.0. The van der Waals surface area contributed by atoms with Crippen LogP contribution in [0.2, 0.25) is 0 Å². The van der Waals surface area contributed by atoms with E-state index in [1.54, 1.807) is 12.4 Å². The molecule has 0 N–H and O–H groups in total. The van der Waals surface area contributed by atoms with Gasteiger partial charge >= 0.3 is 0 Å². The zero-order chi connectivity index (χ0) is 23.1. The molecule has 4 heteroatoms. The van der Waals surface area contributed by atoms with Crippen molar-refractivity contribution in [3.05, 3.63) is 71.5 Å². The summed E-state index contributed by atoms with van der Waals surface area (Å²) < 4.78 is 37.8. The summed E-state index contributed by atoms with van der Waals surface area (Å²) in [4.78, 5) is 4.51. The maximum atomic E-state index is 7.85. The van der Waals surface area contributed by atoms with Crippen LogP contribution >= 0.6 is 0 Å². The highest BCUT2D eigenvalue weighted by Crippen LogP contribution is 2.42. The van der Waals surface area contributed by atoms with Gasteiger partial charge in [-0.2, -0.15) is 0 Å². The van der Waals surface area contributed by atoms with Crippen LogP contribution in [0, 0.1) is 20.7 Å². The molecule has 6 rings (SSSR count). The first-order chi connectivity index (χ1) is 15.7. The van der Waals surface area contributed by atoms with Gasteiger partial charge in [-0.3, -0.25) is 0 Å². The maximum absolute atomic E-state index is 7.85. The van der Waals surface area contributed by atoms with Crippen molar-refractivity contribution in [1.29, 1.82) is 0 Å². The molecular weight excluding hydrogens is 372 g/mol. The Balaban J connectivity index is 1.73. The number of nitrogens with zero attached hydrogens (tertiary/aromatic N) is 2. The average Bonchev–Trinajstić information content (AvgIpc) is 3.32. The number of aromatic nitrogens is 2. The smallest absolute Gasteiger partial charge is 0.228 e. The molecule has 0 aliphatic rings. The minimum atomic E-state index is -2.17. The van der Waals surface area contributed by atoms with Crippen LogP contribution in [0.25, 0.3) is 55.3 Å². The van der Waals surface area contributed by atoms with Crippen molar-refractivity contribution in [2.24, 2.45) is 7.05 Å². The molecule has 146 valence electrons. The van der Waals surface area contributed by atoms with E-state index in [-0.39, 0.29) is 0 Å². The van der Waals surface area contributed by atoms with Gasteiger partial charge in [-0.05, 0) is 37.9 Å². The van der Waals surface area contributed by atoms with Crippen LogP contribution in [-0.2, 0) is 7.05 Å². The third kappa shape index (κ3) is 2.22. The van der Waals surface area contributed by atoms with Crippen molar-refractivity contribution >= 4 is 44.0 Å². The molecule has 0 saturated heterocycles. The topological polar surface area (TPSA) is 43.0 Å². The van der Waals surface area contributed by atoms with Gasteiger partial charge < -0.3 is 8.83 Å². The number of aryl methyl sites for hydroxylation is 4. The Hall–Kier alpha value is -3.66. The summed E-state index contributed by atoms with van der Waals surface area (Å²) >= 11 is 0. The van der Waals surface area contributed by atoms with Crippen molar-refractivity contribution in [2.75, 3.05) is 0 Å². The molecule has 0 saturated carbocycles. The Morgan fingerprint density at radius 1 is 0.900 bits per heavy atom. The number of rotatable bonds is 1. The normalized spacial score (nSPS) is 13.9. The van der Waals surface area contributed by atoms with E-state index < -0.39 is 6.85 Å². The summed E-state index contributed by atoms with van der Waals surface area (Å²) in [7, 11) is 1.87. The van der Waals surface area contributed by atoms with E-state index in [4.69, 9.17) is 12.9 Å². The minimum absolute atomic E-state index is 0.346. The van der Waals surface area contributed by atoms with Crippen LogP contribution in [0.1, 0.15) is 20.8 Å². The SMILES string of the molecule is [2H]C([2H])([2H])c1c[n+](C)c(-c2c(C)ccc3c2oc2cnc4oc5ccccc5c4c23)cc1C. The number of pyridine rings is 2. The van der Waals surface area contributed by atoms with E-state index in [9.17, 15) is 0 Å². The predicted octanol–water partition coefficient (Wildman–Crippen LogP) is 6.30. The van der Waals surface area contributed by atoms with Crippen LogP contribution in [-0.4, -0.2) is 4.98 Å². The Morgan fingerprint density at radius 2 is 1.77 bits per heavy atom. The van der Waals surface area contributed by atoms with Gasteiger partial charge in [0.05, 0.1) is 17.1 Å². The number of furan rings is 2. The summed E-state index contributed by atoms with van der Waals surface area (Å²) in [5.74, 6) is 0. The molecule has 0 bridgehead atoms. The van der Waals surface area contributed by atoms with E-state index in [1.165, 1.54) is 0 Å². The molecule has 4 nitrogen and oxygen atoms in total. The van der Waals surface area contributed by atoms with Gasteiger partial charge in [-0.25, -0.2) is 9.55 Å². The molecule has 0 unspecified atom stereocenters. The first kappa shape index (κ1) is 14.3. The fourth-order valence-corrected chi connectivity index (χ4v) is 4.43. The van der Waals surface area contributed by atoms with Crippen LogP contribution < -0.4 is 4.57 Å². The molecule has 0 fully saturated rings. The van der Waals surface area contributed by atoms with Crippen molar-refractivity contribution in [1.82, 2.24) is 4.98 Å². The van der Waals surface area contributed by atoms with E-state index in [2.05, 4.69) is 17.1 Å². The second-order valence-corrected chi connectivity index (χ2v) is 7.88. The van der Waals surface area contributed by atoms with Crippen molar-refractivity contribution in [2.45, 2.75) is 20.7 Å². The van der Waals surface area contributed by atoms with E-state index in [1.807, 2.05) is 55.8 Å². The Labute approximate surface area is 177 Å². The third-order valence-electron chi connectivity index (χ3n) is 5.96. The van der Waals surface area contributed by atoms with Crippen LogP contribution in [0.3, 0.4) is 0 Å². The monoisotopic (exact) mass is 396 g/mol. The first-order valence-corrected chi connectivity index (χ1v) is 9.87. The predicted molar refractivity (Wildman–Crippen MR) is 120 cm³/mol. The molecule has 2 aromatic carbocycles. The third-order valence-corrected chi connectivity index (χ3v) is 5.96. The van der Waals surface area contributed by atoms with E-state index >= 15 is 0 Å². The average molecular weight is 396 g/mol. The molecule has 0 aliphatic heterocycles. The molecule has 0 atom stereocenters. The molecular formula is C26H21N2O2+. The minimum Gasteiger partial charge on any atom is -0.453 e. The van der Waals surface area contributed by atoms with Gasteiger partial charge in [0, 0.05) is 31.9 Å². The first-order valence-electron chi connectivity index (χ1n) is 11.4. The lowest BCUT2D eigenvalue weighted by Crippen LogP contribution is -2.31. The molecule has 6 aromatic rings. The number of benzene rings is 2. The lowest BCUT2D eigenvalue weighted by Gasteiger charge is -2.07. The second-order valence-electron chi connectivity index (χ2n) is 7.88. The zero-order valence-electron chi connectivity index (χ0n) is 19.9. The summed E-state index contributed by atoms with van der Waals surface area (Å²) in [5, 5.41) is 3.88. The molecule has 0 amide bonds. The zero-order valence-corrected chi connectivity index (χ0v) is 16.9.